The summed E-state index contributed by atoms with van der Waals surface area (Å²) in [6, 6.07) is 13.1. The lowest BCUT2D eigenvalue weighted by molar-refractivity contribution is 0.0688. The van der Waals surface area contributed by atoms with Crippen molar-refractivity contribution in [2.24, 2.45) is 0 Å². The number of Topliss-reactive ketones (excluding diaryl/α,β-unsaturated/α-hetero) is 1. The van der Waals surface area contributed by atoms with Crippen LogP contribution in [0.3, 0.4) is 0 Å². The molecule has 2 rings (SSSR count). The summed E-state index contributed by atoms with van der Waals surface area (Å²) < 4.78 is 5.01. The van der Waals surface area contributed by atoms with Crippen LogP contribution in [-0.2, 0) is 6.42 Å². The fraction of sp³-hybridized carbons (Fsp3) is 0.118. The van der Waals surface area contributed by atoms with Gasteiger partial charge in [-0.3, -0.25) is 4.79 Å². The molecule has 1 N–H and O–H groups in total. The number of carbonyl (C=O) groups excluding carboxylic acids is 1. The van der Waals surface area contributed by atoms with Crippen LogP contribution < -0.4 is 4.74 Å². The zero-order valence-corrected chi connectivity index (χ0v) is 11.9. The zero-order valence-electron chi connectivity index (χ0n) is 11.9. The van der Waals surface area contributed by atoms with Gasteiger partial charge in [-0.05, 0) is 23.8 Å². The van der Waals surface area contributed by atoms with Gasteiger partial charge in [0.1, 0.15) is 11.3 Å². The normalized spacial score (nSPS) is 9.82. The number of methoxy groups -OCH3 is 1. The summed E-state index contributed by atoms with van der Waals surface area (Å²) in [5.41, 5.74) is 1.19. The minimum absolute atomic E-state index is 0.0547. The average Bonchev–Trinajstić information content (AvgIpc) is 2.54. The first kappa shape index (κ1) is 15.3. The third-order valence-corrected chi connectivity index (χ3v) is 3.21. The number of rotatable bonds is 5. The van der Waals surface area contributed by atoms with Gasteiger partial charge in [-0.1, -0.05) is 24.3 Å². The lowest BCUT2D eigenvalue weighted by atomic mass is 9.97. The minimum Gasteiger partial charge on any atom is -0.496 e. The van der Waals surface area contributed by atoms with Gasteiger partial charge in [0.2, 0.25) is 0 Å². The fourth-order valence-corrected chi connectivity index (χ4v) is 2.13. The first-order valence-corrected chi connectivity index (χ1v) is 6.49. The molecule has 110 valence electrons. The molecule has 2 aromatic rings. The zero-order chi connectivity index (χ0) is 16.1. The Morgan fingerprint density at radius 3 is 2.41 bits per heavy atom. The van der Waals surface area contributed by atoms with E-state index in [4.69, 9.17) is 10.00 Å². The molecule has 0 unspecified atom stereocenters. The van der Waals surface area contributed by atoms with Crippen LogP contribution in [-0.4, -0.2) is 24.0 Å². The molecule has 0 amide bonds. The maximum absolute atomic E-state index is 12.4. The van der Waals surface area contributed by atoms with Crippen molar-refractivity contribution in [1.29, 1.82) is 5.26 Å². The molecule has 22 heavy (non-hydrogen) atoms. The monoisotopic (exact) mass is 295 g/mol. The van der Waals surface area contributed by atoms with Crippen molar-refractivity contribution in [2.45, 2.75) is 6.42 Å². The van der Waals surface area contributed by atoms with E-state index in [-0.39, 0.29) is 29.1 Å². The molecule has 0 heterocycles. The number of ether oxygens (including phenoxy) is 1. The Labute approximate surface area is 127 Å². The molecule has 0 saturated heterocycles. The predicted octanol–water partition coefficient (Wildman–Crippen LogP) is 2.69. The van der Waals surface area contributed by atoms with Crippen molar-refractivity contribution in [3.63, 3.8) is 0 Å². The first-order valence-electron chi connectivity index (χ1n) is 6.49. The average molecular weight is 295 g/mol. The SMILES string of the molecule is COc1cccc(C(=O)Cc2ccc(C#N)cc2)c1C(=O)O. The lowest BCUT2D eigenvalue weighted by Crippen LogP contribution is -2.12. The Bertz CT molecular complexity index is 757. The second kappa shape index (κ2) is 6.55. The van der Waals surface area contributed by atoms with Gasteiger partial charge in [0.15, 0.2) is 5.78 Å². The molecular formula is C17H13NO4. The van der Waals surface area contributed by atoms with Crippen molar-refractivity contribution >= 4 is 11.8 Å². The first-order chi connectivity index (χ1) is 10.6. The van der Waals surface area contributed by atoms with E-state index < -0.39 is 5.97 Å². The maximum atomic E-state index is 12.4. The Kier molecular flexibility index (Phi) is 4.54. The van der Waals surface area contributed by atoms with Gasteiger partial charge in [-0.2, -0.15) is 5.26 Å². The van der Waals surface area contributed by atoms with E-state index in [0.29, 0.717) is 11.1 Å². The number of aromatic carboxylic acids is 1. The van der Waals surface area contributed by atoms with Crippen LogP contribution in [0.25, 0.3) is 0 Å². The lowest BCUT2D eigenvalue weighted by Gasteiger charge is -2.10. The highest BCUT2D eigenvalue weighted by atomic mass is 16.5. The summed E-state index contributed by atoms with van der Waals surface area (Å²) in [7, 11) is 1.36. The molecule has 0 aromatic heterocycles. The van der Waals surface area contributed by atoms with E-state index in [2.05, 4.69) is 0 Å². The molecule has 0 bridgehead atoms. The van der Waals surface area contributed by atoms with Crippen LogP contribution in [0.1, 0.15) is 31.8 Å². The number of hydrogen-bond donors (Lipinski definition) is 1. The summed E-state index contributed by atoms with van der Waals surface area (Å²) in [6.07, 6.45) is 0.0547. The van der Waals surface area contributed by atoms with Crippen molar-refractivity contribution in [1.82, 2.24) is 0 Å². The molecule has 0 saturated carbocycles. The number of carbonyl (C=O) groups is 2. The topological polar surface area (TPSA) is 87.4 Å². The summed E-state index contributed by atoms with van der Waals surface area (Å²) in [5.74, 6) is -1.38. The maximum Gasteiger partial charge on any atom is 0.340 e. The molecule has 5 nitrogen and oxygen atoms in total. The van der Waals surface area contributed by atoms with E-state index in [0.717, 1.165) is 0 Å². The van der Waals surface area contributed by atoms with Crippen LogP contribution in [0.15, 0.2) is 42.5 Å². The Hall–Kier alpha value is -3.13. The molecular weight excluding hydrogens is 282 g/mol. The van der Waals surface area contributed by atoms with Crippen LogP contribution >= 0.6 is 0 Å². The number of hydrogen-bond acceptors (Lipinski definition) is 4. The summed E-state index contributed by atoms with van der Waals surface area (Å²) in [5, 5.41) is 18.0. The van der Waals surface area contributed by atoms with Crippen LogP contribution in [0.2, 0.25) is 0 Å². The smallest absolute Gasteiger partial charge is 0.340 e. The van der Waals surface area contributed by atoms with Gasteiger partial charge in [0.05, 0.1) is 18.7 Å². The number of carboxylic acid groups (broad SMARTS) is 1. The number of nitriles is 1. The molecule has 0 aliphatic rings. The van der Waals surface area contributed by atoms with Gasteiger partial charge in [0, 0.05) is 12.0 Å². The summed E-state index contributed by atoms with van der Waals surface area (Å²) in [4.78, 5) is 23.8. The second-order valence-corrected chi connectivity index (χ2v) is 4.60. The summed E-state index contributed by atoms with van der Waals surface area (Å²) in [6.45, 7) is 0. The number of benzene rings is 2. The number of ketones is 1. The molecule has 2 aromatic carbocycles. The number of carboxylic acids is 1. The van der Waals surface area contributed by atoms with E-state index in [1.54, 1.807) is 30.3 Å². The van der Waals surface area contributed by atoms with Crippen molar-refractivity contribution < 1.29 is 19.4 Å². The molecule has 0 atom stereocenters. The van der Waals surface area contributed by atoms with Crippen molar-refractivity contribution in [2.75, 3.05) is 7.11 Å². The Morgan fingerprint density at radius 2 is 1.86 bits per heavy atom. The van der Waals surface area contributed by atoms with Crippen LogP contribution in [0, 0.1) is 11.3 Å². The Balaban J connectivity index is 2.33. The molecule has 5 heteroatoms. The van der Waals surface area contributed by atoms with Gasteiger partial charge < -0.3 is 9.84 Å². The van der Waals surface area contributed by atoms with Gasteiger partial charge in [0.25, 0.3) is 0 Å². The highest BCUT2D eigenvalue weighted by Crippen LogP contribution is 2.23. The molecule has 0 aliphatic carbocycles. The fourth-order valence-electron chi connectivity index (χ4n) is 2.13. The van der Waals surface area contributed by atoms with Gasteiger partial charge in [-0.15, -0.1) is 0 Å². The quantitative estimate of drug-likeness (QED) is 0.857. The van der Waals surface area contributed by atoms with Crippen LogP contribution in [0.4, 0.5) is 0 Å². The molecule has 0 fully saturated rings. The van der Waals surface area contributed by atoms with Crippen molar-refractivity contribution in [3.8, 4) is 11.8 Å². The van der Waals surface area contributed by atoms with Gasteiger partial charge >= 0.3 is 5.97 Å². The van der Waals surface area contributed by atoms with E-state index in [9.17, 15) is 14.7 Å². The van der Waals surface area contributed by atoms with E-state index in [1.807, 2.05) is 6.07 Å². The minimum atomic E-state index is -1.21. The molecule has 0 aliphatic heterocycles. The van der Waals surface area contributed by atoms with E-state index in [1.165, 1.54) is 19.2 Å². The summed E-state index contributed by atoms with van der Waals surface area (Å²) >= 11 is 0. The standard InChI is InChI=1S/C17H13NO4/c1-22-15-4-2-3-13(16(15)17(20)21)14(19)9-11-5-7-12(10-18)8-6-11/h2-8H,9H2,1H3,(H,20,21). The highest BCUT2D eigenvalue weighted by Gasteiger charge is 2.21. The molecule has 0 spiro atoms. The van der Waals surface area contributed by atoms with Crippen LogP contribution in [0.5, 0.6) is 5.75 Å². The second-order valence-electron chi connectivity index (χ2n) is 4.60. The van der Waals surface area contributed by atoms with Gasteiger partial charge in [-0.25, -0.2) is 4.79 Å². The number of nitrogens with zero attached hydrogens (tertiary/aromatic N) is 1. The Morgan fingerprint density at radius 1 is 1.18 bits per heavy atom. The van der Waals surface area contributed by atoms with Crippen molar-refractivity contribution in [3.05, 3.63) is 64.7 Å². The third kappa shape index (κ3) is 3.13. The molecule has 0 radical (unpaired) electrons. The highest BCUT2D eigenvalue weighted by molar-refractivity contribution is 6.08. The largest absolute Gasteiger partial charge is 0.496 e. The van der Waals surface area contributed by atoms with E-state index >= 15 is 0 Å². The third-order valence-electron chi connectivity index (χ3n) is 3.21. The predicted molar refractivity (Wildman–Crippen MR) is 79.1 cm³/mol.